The average molecular weight is 167 g/mol. The molecule has 0 aromatic rings. The van der Waals surface area contributed by atoms with Crippen LogP contribution in [0, 0.1) is 12.3 Å². The Balaban J connectivity index is 2.79. The Kier molecular flexibility index (Phi) is 2.12. The summed E-state index contributed by atoms with van der Waals surface area (Å²) >= 11 is 0. The van der Waals surface area contributed by atoms with Gasteiger partial charge in [0.2, 0.25) is 5.91 Å². The molecule has 66 valence electrons. The van der Waals surface area contributed by atoms with Crippen LogP contribution >= 0.6 is 0 Å². The quantitative estimate of drug-likeness (QED) is 0.558. The Morgan fingerprint density at radius 2 is 2.33 bits per heavy atom. The normalized spacial score (nSPS) is 24.3. The van der Waals surface area contributed by atoms with Gasteiger partial charge in [0.25, 0.3) is 0 Å². The summed E-state index contributed by atoms with van der Waals surface area (Å²) in [5, 5.41) is 9.20. The molecule has 3 nitrogen and oxygen atoms in total. The fraction of sp³-hybridized carbons (Fsp3) is 0.667. The van der Waals surface area contributed by atoms with Crippen molar-refractivity contribution >= 4 is 5.91 Å². The minimum Gasteiger partial charge on any atom is -0.391 e. The number of carbonyl (C=O) groups is 1. The second-order valence-corrected chi connectivity index (χ2v) is 3.57. The lowest BCUT2D eigenvalue weighted by molar-refractivity contribution is -0.130. The molecule has 3 heteroatoms. The molecule has 1 fully saturated rings. The summed E-state index contributed by atoms with van der Waals surface area (Å²) in [6.07, 6.45) is 4.92. The van der Waals surface area contributed by atoms with E-state index in [1.165, 1.54) is 4.90 Å². The second kappa shape index (κ2) is 2.80. The molecule has 1 heterocycles. The number of β-amino-alcohol motifs (C(OH)–C–C–N with tert-alkyl or cyclic N) is 1. The number of aliphatic hydroxyl groups excluding tert-OH is 1. The molecule has 1 aliphatic rings. The number of terminal acetylenes is 1. The highest BCUT2D eigenvalue weighted by atomic mass is 16.3. The smallest absolute Gasteiger partial charge is 0.226 e. The van der Waals surface area contributed by atoms with Crippen LogP contribution in [0.4, 0.5) is 0 Å². The lowest BCUT2D eigenvalue weighted by Gasteiger charge is -2.30. The third-order valence-electron chi connectivity index (χ3n) is 2.13. The summed E-state index contributed by atoms with van der Waals surface area (Å²) < 4.78 is 0. The first-order valence-corrected chi connectivity index (χ1v) is 3.93. The van der Waals surface area contributed by atoms with Gasteiger partial charge in [0.05, 0.1) is 18.1 Å². The van der Waals surface area contributed by atoms with Crippen LogP contribution in [0.3, 0.4) is 0 Å². The molecule has 1 unspecified atom stereocenters. The Labute approximate surface area is 72.4 Å². The average Bonchev–Trinajstić information content (AvgIpc) is 2.31. The van der Waals surface area contributed by atoms with E-state index < -0.39 is 11.6 Å². The molecule has 0 aromatic heterocycles. The number of hydrogen-bond donors (Lipinski definition) is 1. The maximum Gasteiger partial charge on any atom is 0.226 e. The number of rotatable bonds is 1. The summed E-state index contributed by atoms with van der Waals surface area (Å²) in [7, 11) is 0. The molecule has 1 atom stereocenters. The summed E-state index contributed by atoms with van der Waals surface area (Å²) in [5.74, 6) is 2.46. The van der Waals surface area contributed by atoms with Gasteiger partial charge in [-0.15, -0.1) is 6.42 Å². The monoisotopic (exact) mass is 167 g/mol. The molecule has 0 radical (unpaired) electrons. The highest BCUT2D eigenvalue weighted by molar-refractivity contribution is 5.80. The van der Waals surface area contributed by atoms with Crippen molar-refractivity contribution in [3.8, 4) is 12.3 Å². The molecule has 1 rings (SSSR count). The molecule has 0 saturated carbocycles. The minimum absolute atomic E-state index is 0.0644. The van der Waals surface area contributed by atoms with Crippen LogP contribution in [0.1, 0.15) is 20.3 Å². The predicted octanol–water partition coefficient (Wildman–Crippen LogP) is -0.00860. The fourth-order valence-corrected chi connectivity index (χ4v) is 1.31. The van der Waals surface area contributed by atoms with E-state index in [9.17, 15) is 9.90 Å². The van der Waals surface area contributed by atoms with Gasteiger partial charge >= 0.3 is 0 Å². The summed E-state index contributed by atoms with van der Waals surface area (Å²) in [6, 6.07) is 0. The van der Waals surface area contributed by atoms with Gasteiger partial charge in [-0.1, -0.05) is 5.92 Å². The number of aliphatic hydroxyl groups is 1. The highest BCUT2D eigenvalue weighted by Gasteiger charge is 2.36. The number of amides is 1. The molecule has 1 amide bonds. The standard InChI is InChI=1S/C9H13NO2/c1-4-9(2,3)10-6-7(11)5-8(10)12/h1,7,11H,5-6H2,2-3H3. The Bertz CT molecular complexity index is 239. The Morgan fingerprint density at radius 1 is 1.75 bits per heavy atom. The van der Waals surface area contributed by atoms with Crippen molar-refractivity contribution < 1.29 is 9.90 Å². The van der Waals surface area contributed by atoms with Crippen LogP contribution in [0.15, 0.2) is 0 Å². The van der Waals surface area contributed by atoms with Crippen molar-refractivity contribution in [1.29, 1.82) is 0 Å². The molecule has 12 heavy (non-hydrogen) atoms. The lowest BCUT2D eigenvalue weighted by atomic mass is 10.1. The van der Waals surface area contributed by atoms with Crippen molar-refractivity contribution in [3.63, 3.8) is 0 Å². The van der Waals surface area contributed by atoms with E-state index in [4.69, 9.17) is 6.42 Å². The van der Waals surface area contributed by atoms with Crippen LogP contribution in [0.2, 0.25) is 0 Å². The number of hydrogen-bond acceptors (Lipinski definition) is 2. The van der Waals surface area contributed by atoms with Gasteiger partial charge in [0.1, 0.15) is 0 Å². The maximum absolute atomic E-state index is 11.3. The maximum atomic E-state index is 11.3. The van der Waals surface area contributed by atoms with Crippen molar-refractivity contribution in [2.75, 3.05) is 6.54 Å². The van der Waals surface area contributed by atoms with E-state index in [1.54, 1.807) is 13.8 Å². The van der Waals surface area contributed by atoms with Gasteiger partial charge in [-0.2, -0.15) is 0 Å². The van der Waals surface area contributed by atoms with Gasteiger partial charge in [-0.05, 0) is 13.8 Å². The highest BCUT2D eigenvalue weighted by Crippen LogP contribution is 2.21. The minimum atomic E-state index is -0.575. The summed E-state index contributed by atoms with van der Waals surface area (Å²) in [6.45, 7) is 3.95. The third-order valence-corrected chi connectivity index (χ3v) is 2.13. The summed E-state index contributed by atoms with van der Waals surface area (Å²) in [5.41, 5.74) is -0.575. The number of nitrogens with zero attached hydrogens (tertiary/aromatic N) is 1. The van der Waals surface area contributed by atoms with Crippen LogP contribution in [-0.2, 0) is 4.79 Å². The van der Waals surface area contributed by atoms with Crippen LogP contribution in [-0.4, -0.2) is 34.1 Å². The zero-order chi connectivity index (χ0) is 9.35. The molecule has 0 aromatic carbocycles. The van der Waals surface area contributed by atoms with Crippen molar-refractivity contribution in [2.45, 2.75) is 31.9 Å². The molecule has 1 N–H and O–H groups in total. The molecule has 0 bridgehead atoms. The molecule has 1 saturated heterocycles. The summed E-state index contributed by atoms with van der Waals surface area (Å²) in [4.78, 5) is 12.8. The molecular weight excluding hydrogens is 154 g/mol. The van der Waals surface area contributed by atoms with E-state index in [0.717, 1.165) is 0 Å². The van der Waals surface area contributed by atoms with Gasteiger partial charge < -0.3 is 10.0 Å². The first kappa shape index (κ1) is 9.08. The van der Waals surface area contributed by atoms with E-state index in [1.807, 2.05) is 0 Å². The van der Waals surface area contributed by atoms with E-state index in [-0.39, 0.29) is 12.3 Å². The molecule has 0 spiro atoms. The molecule has 0 aliphatic carbocycles. The van der Waals surface area contributed by atoms with Gasteiger partial charge in [0.15, 0.2) is 0 Å². The zero-order valence-electron chi connectivity index (χ0n) is 7.37. The van der Waals surface area contributed by atoms with Gasteiger partial charge in [-0.3, -0.25) is 4.79 Å². The van der Waals surface area contributed by atoms with Crippen LogP contribution < -0.4 is 0 Å². The van der Waals surface area contributed by atoms with Gasteiger partial charge in [-0.25, -0.2) is 0 Å². The number of carbonyl (C=O) groups excluding carboxylic acids is 1. The third kappa shape index (κ3) is 1.44. The van der Waals surface area contributed by atoms with Crippen molar-refractivity contribution in [1.82, 2.24) is 4.90 Å². The lowest BCUT2D eigenvalue weighted by Crippen LogP contribution is -2.44. The first-order valence-electron chi connectivity index (χ1n) is 3.93. The largest absolute Gasteiger partial charge is 0.391 e. The van der Waals surface area contributed by atoms with Crippen LogP contribution in [0.25, 0.3) is 0 Å². The van der Waals surface area contributed by atoms with E-state index in [0.29, 0.717) is 6.54 Å². The van der Waals surface area contributed by atoms with Crippen molar-refractivity contribution in [2.24, 2.45) is 0 Å². The zero-order valence-corrected chi connectivity index (χ0v) is 7.37. The Morgan fingerprint density at radius 3 is 2.67 bits per heavy atom. The SMILES string of the molecule is C#CC(C)(C)N1CC(O)CC1=O. The number of likely N-dealkylation sites (tertiary alicyclic amines) is 1. The van der Waals surface area contributed by atoms with Crippen LogP contribution in [0.5, 0.6) is 0 Å². The molecule has 1 aliphatic heterocycles. The fourth-order valence-electron chi connectivity index (χ4n) is 1.31. The predicted molar refractivity (Wildman–Crippen MR) is 45.2 cm³/mol. The second-order valence-electron chi connectivity index (χ2n) is 3.57. The molecular formula is C9H13NO2. The Hall–Kier alpha value is -1.01. The van der Waals surface area contributed by atoms with Crippen molar-refractivity contribution in [3.05, 3.63) is 0 Å². The van der Waals surface area contributed by atoms with E-state index in [2.05, 4.69) is 5.92 Å². The topological polar surface area (TPSA) is 40.5 Å². The van der Waals surface area contributed by atoms with Gasteiger partial charge in [0, 0.05) is 6.54 Å². The first-order chi connectivity index (χ1) is 5.47. The van der Waals surface area contributed by atoms with E-state index >= 15 is 0 Å².